The third-order valence-electron chi connectivity index (χ3n) is 2.95. The first kappa shape index (κ1) is 15.3. The van der Waals surface area contributed by atoms with E-state index >= 15 is 0 Å². The molecule has 0 unspecified atom stereocenters. The summed E-state index contributed by atoms with van der Waals surface area (Å²) in [4.78, 5) is 0. The van der Waals surface area contributed by atoms with Crippen LogP contribution >= 0.6 is 0 Å². The first-order valence-corrected chi connectivity index (χ1v) is 6.81. The van der Waals surface area contributed by atoms with Crippen molar-refractivity contribution < 1.29 is 9.47 Å². The second-order valence-corrected chi connectivity index (χ2v) is 4.44. The van der Waals surface area contributed by atoms with Gasteiger partial charge in [-0.2, -0.15) is 0 Å². The van der Waals surface area contributed by atoms with Gasteiger partial charge in [0, 0.05) is 13.8 Å². The van der Waals surface area contributed by atoms with Crippen molar-refractivity contribution in [1.82, 2.24) is 0 Å². The van der Waals surface area contributed by atoms with E-state index in [0.717, 1.165) is 16.7 Å². The lowest BCUT2D eigenvalue weighted by molar-refractivity contribution is 0.519. The third-order valence-corrected chi connectivity index (χ3v) is 2.95. The van der Waals surface area contributed by atoms with Crippen LogP contribution < -0.4 is 9.47 Å². The number of hydrogen-bond donors (Lipinski definition) is 0. The van der Waals surface area contributed by atoms with Gasteiger partial charge in [-0.25, -0.2) is 0 Å². The van der Waals surface area contributed by atoms with Gasteiger partial charge >= 0.3 is 0 Å². The van der Waals surface area contributed by atoms with Crippen LogP contribution in [0.2, 0.25) is 0 Å². The number of ether oxygens (including phenoxy) is 2. The van der Waals surface area contributed by atoms with Crippen LogP contribution in [-0.4, -0.2) is 0 Å². The molecule has 2 heteroatoms. The van der Waals surface area contributed by atoms with Crippen molar-refractivity contribution in [3.63, 3.8) is 0 Å². The fourth-order valence-corrected chi connectivity index (χ4v) is 1.83. The maximum absolute atomic E-state index is 5.23. The zero-order valence-corrected chi connectivity index (χ0v) is 12.6. The van der Waals surface area contributed by atoms with Crippen LogP contribution in [0.15, 0.2) is 55.1 Å². The molecule has 0 saturated carbocycles. The van der Waals surface area contributed by atoms with Crippen LogP contribution in [0.5, 0.6) is 11.5 Å². The lowest BCUT2D eigenvalue weighted by atomic mass is 9.99. The van der Waals surface area contributed by atoms with E-state index < -0.39 is 0 Å². The fourth-order valence-electron chi connectivity index (χ4n) is 1.83. The monoisotopic (exact) mass is 288 g/mol. The van der Waals surface area contributed by atoms with Gasteiger partial charge in [-0.15, -0.1) is 0 Å². The summed E-state index contributed by atoms with van der Waals surface area (Å²) in [5, 5.41) is 0. The van der Waals surface area contributed by atoms with Gasteiger partial charge < -0.3 is 9.47 Å². The van der Waals surface area contributed by atoms with Gasteiger partial charge in [-0.3, -0.25) is 0 Å². The van der Waals surface area contributed by atoms with E-state index in [1.807, 2.05) is 48.5 Å². The first-order chi connectivity index (χ1) is 10.7. The van der Waals surface area contributed by atoms with E-state index in [1.165, 1.54) is 0 Å². The van der Waals surface area contributed by atoms with Crippen molar-refractivity contribution in [2.45, 2.75) is 13.8 Å². The predicted octanol–water partition coefficient (Wildman–Crippen LogP) is 4.47. The average Bonchev–Trinajstić information content (AvgIpc) is 2.58. The maximum Gasteiger partial charge on any atom is 0.140 e. The number of hydrogen-bond acceptors (Lipinski definition) is 2. The first-order valence-electron chi connectivity index (χ1n) is 6.81. The van der Waals surface area contributed by atoms with E-state index in [-0.39, 0.29) is 0 Å². The summed E-state index contributed by atoms with van der Waals surface area (Å²) in [5.74, 6) is 6.81. The minimum Gasteiger partial charge on any atom is -0.408 e. The molecule has 0 radical (unpaired) electrons. The molecule has 2 aromatic rings. The average molecular weight is 288 g/mol. The molecular formula is C20H16O2. The Morgan fingerprint density at radius 1 is 0.727 bits per heavy atom. The summed E-state index contributed by atoms with van der Waals surface area (Å²) >= 11 is 0. The molecule has 0 atom stereocenters. The van der Waals surface area contributed by atoms with E-state index in [0.29, 0.717) is 11.5 Å². The van der Waals surface area contributed by atoms with Gasteiger partial charge in [-0.05, 0) is 41.0 Å². The molecule has 22 heavy (non-hydrogen) atoms. The highest BCUT2D eigenvalue weighted by Crippen LogP contribution is 2.25. The number of benzene rings is 2. The summed E-state index contributed by atoms with van der Waals surface area (Å²) in [6, 6.07) is 15.3. The summed E-state index contributed by atoms with van der Waals surface area (Å²) in [6.45, 7) is 7.60. The standard InChI is InChI=1S/C20H16O2/c1-4-14-21-19-10-6-17(7-11-19)16(3)18-8-12-20(13-9-18)22-15-5-2/h6-13H,3H2,1-2H3. The molecule has 0 bridgehead atoms. The second-order valence-electron chi connectivity index (χ2n) is 4.44. The Labute approximate surface area is 131 Å². The highest BCUT2D eigenvalue weighted by molar-refractivity contribution is 5.78. The predicted molar refractivity (Wildman–Crippen MR) is 89.2 cm³/mol. The van der Waals surface area contributed by atoms with Gasteiger partial charge in [0.2, 0.25) is 0 Å². The Kier molecular flexibility index (Phi) is 5.30. The van der Waals surface area contributed by atoms with Gasteiger partial charge in [-0.1, -0.05) is 42.7 Å². The molecular weight excluding hydrogens is 272 g/mol. The van der Waals surface area contributed by atoms with Gasteiger partial charge in [0.15, 0.2) is 0 Å². The Hall–Kier alpha value is -3.10. The van der Waals surface area contributed by atoms with Crippen LogP contribution in [0.4, 0.5) is 0 Å². The topological polar surface area (TPSA) is 18.5 Å². The lowest BCUT2D eigenvalue weighted by Gasteiger charge is -2.07. The summed E-state index contributed by atoms with van der Waals surface area (Å²) < 4.78 is 10.5. The smallest absolute Gasteiger partial charge is 0.140 e. The molecule has 0 aromatic heterocycles. The molecule has 2 aromatic carbocycles. The molecule has 2 rings (SSSR count). The molecule has 0 amide bonds. The fraction of sp³-hybridized carbons (Fsp3) is 0.100. The summed E-state index contributed by atoms with van der Waals surface area (Å²) in [5.41, 5.74) is 2.99. The molecule has 0 aliphatic heterocycles. The minimum absolute atomic E-state index is 0.716. The van der Waals surface area contributed by atoms with Crippen molar-refractivity contribution in [1.29, 1.82) is 0 Å². The summed E-state index contributed by atoms with van der Waals surface area (Å²) in [6.07, 6.45) is 5.14. The largest absolute Gasteiger partial charge is 0.408 e. The second kappa shape index (κ2) is 7.62. The van der Waals surface area contributed by atoms with Crippen LogP contribution in [0, 0.1) is 24.1 Å². The van der Waals surface area contributed by atoms with Crippen molar-refractivity contribution in [3.8, 4) is 35.6 Å². The molecule has 0 fully saturated rings. The van der Waals surface area contributed by atoms with Gasteiger partial charge in [0.05, 0.1) is 0 Å². The zero-order valence-electron chi connectivity index (χ0n) is 12.6. The highest BCUT2D eigenvalue weighted by Gasteiger charge is 2.03. The van der Waals surface area contributed by atoms with E-state index in [9.17, 15) is 0 Å². The Morgan fingerprint density at radius 3 is 1.41 bits per heavy atom. The van der Waals surface area contributed by atoms with Crippen molar-refractivity contribution in [2.24, 2.45) is 0 Å². The minimum atomic E-state index is 0.716. The van der Waals surface area contributed by atoms with E-state index in [4.69, 9.17) is 9.47 Å². The molecule has 0 saturated heterocycles. The van der Waals surface area contributed by atoms with Crippen molar-refractivity contribution in [3.05, 3.63) is 66.2 Å². The molecule has 0 aliphatic rings. The molecule has 108 valence electrons. The summed E-state index contributed by atoms with van der Waals surface area (Å²) in [7, 11) is 0. The third kappa shape index (κ3) is 3.95. The molecule has 0 heterocycles. The molecule has 2 nitrogen and oxygen atoms in total. The van der Waals surface area contributed by atoms with Crippen molar-refractivity contribution >= 4 is 5.57 Å². The van der Waals surface area contributed by atoms with E-state index in [2.05, 4.69) is 30.6 Å². The lowest BCUT2D eigenvalue weighted by Crippen LogP contribution is -1.88. The molecule has 0 N–H and O–H groups in total. The quantitative estimate of drug-likeness (QED) is 0.773. The molecule has 0 aliphatic carbocycles. The number of rotatable bonds is 4. The van der Waals surface area contributed by atoms with Crippen LogP contribution in [-0.2, 0) is 0 Å². The molecule has 0 spiro atoms. The van der Waals surface area contributed by atoms with Gasteiger partial charge in [0.25, 0.3) is 0 Å². The van der Waals surface area contributed by atoms with E-state index in [1.54, 1.807) is 13.8 Å². The van der Waals surface area contributed by atoms with Crippen LogP contribution in [0.3, 0.4) is 0 Å². The Morgan fingerprint density at radius 2 is 1.09 bits per heavy atom. The Bertz CT molecular complexity index is 693. The van der Waals surface area contributed by atoms with Crippen LogP contribution in [0.1, 0.15) is 25.0 Å². The van der Waals surface area contributed by atoms with Gasteiger partial charge in [0.1, 0.15) is 23.7 Å². The maximum atomic E-state index is 5.23. The van der Waals surface area contributed by atoms with Crippen molar-refractivity contribution in [2.75, 3.05) is 0 Å². The zero-order chi connectivity index (χ0) is 15.8. The Balaban J connectivity index is 2.12. The highest BCUT2D eigenvalue weighted by atomic mass is 16.5. The SMILES string of the molecule is C=C(c1ccc(OC#CC)cc1)c1ccc(OC#CC)cc1. The normalized spacial score (nSPS) is 8.82. The van der Waals surface area contributed by atoms with Crippen LogP contribution in [0.25, 0.3) is 5.57 Å².